The van der Waals surface area contributed by atoms with Crippen molar-refractivity contribution in [1.82, 2.24) is 10.3 Å². The van der Waals surface area contributed by atoms with Crippen LogP contribution >= 0.6 is 0 Å². The summed E-state index contributed by atoms with van der Waals surface area (Å²) in [4.78, 5) is 16.5. The van der Waals surface area contributed by atoms with Gasteiger partial charge in [-0.1, -0.05) is 6.07 Å². The fraction of sp³-hybridized carbons (Fsp3) is 0.333. The van der Waals surface area contributed by atoms with E-state index in [0.717, 1.165) is 5.82 Å². The molecule has 0 bridgehead atoms. The molecule has 0 atom stereocenters. The lowest BCUT2D eigenvalue weighted by Crippen LogP contribution is -2.59. The summed E-state index contributed by atoms with van der Waals surface area (Å²) < 4.78 is 0. The predicted molar refractivity (Wildman–Crippen MR) is 51.4 cm³/mol. The number of nitrogens with one attached hydrogen (secondary N) is 1. The van der Waals surface area contributed by atoms with E-state index in [9.17, 15) is 4.79 Å². The summed E-state index contributed by atoms with van der Waals surface area (Å²) in [5.74, 6) is 0.899. The Labute approximate surface area is 81.4 Å². The van der Waals surface area contributed by atoms with E-state index in [2.05, 4.69) is 10.3 Å². The molecule has 0 aromatic carbocycles. The Morgan fingerprint density at radius 2 is 2.36 bits per heavy atom. The molecule has 1 aliphatic rings. The Morgan fingerprint density at radius 1 is 1.57 bits per heavy atom. The lowest BCUT2D eigenvalue weighted by molar-refractivity contribution is 0.187. The highest BCUT2D eigenvalue weighted by atomic mass is 16.4. The summed E-state index contributed by atoms with van der Waals surface area (Å²) in [5, 5.41) is 10.9. The molecule has 5 heteroatoms. The summed E-state index contributed by atoms with van der Waals surface area (Å²) >= 11 is 0. The van der Waals surface area contributed by atoms with Crippen molar-refractivity contribution in [3.63, 3.8) is 0 Å². The maximum Gasteiger partial charge on any atom is 0.405 e. The smallest absolute Gasteiger partial charge is 0.405 e. The molecule has 0 saturated carbocycles. The third-order valence-electron chi connectivity index (χ3n) is 2.18. The molecule has 0 spiro atoms. The Morgan fingerprint density at radius 3 is 2.93 bits per heavy atom. The number of hydrogen-bond donors (Lipinski definition) is 2. The van der Waals surface area contributed by atoms with Gasteiger partial charge in [-0.3, -0.25) is 0 Å². The Bertz CT molecular complexity index is 322. The van der Waals surface area contributed by atoms with E-state index in [1.165, 1.54) is 0 Å². The minimum atomic E-state index is -0.962. The van der Waals surface area contributed by atoms with Gasteiger partial charge in [-0.2, -0.15) is 0 Å². The second-order valence-electron chi connectivity index (χ2n) is 3.24. The van der Waals surface area contributed by atoms with Crippen LogP contribution in [0.4, 0.5) is 10.6 Å². The van der Waals surface area contributed by atoms with Gasteiger partial charge in [0.15, 0.2) is 0 Å². The van der Waals surface area contributed by atoms with Gasteiger partial charge in [0.25, 0.3) is 0 Å². The molecule has 1 fully saturated rings. The van der Waals surface area contributed by atoms with Gasteiger partial charge in [0.2, 0.25) is 0 Å². The molecular weight excluding hydrogens is 182 g/mol. The molecule has 1 aromatic heterocycles. The van der Waals surface area contributed by atoms with Gasteiger partial charge in [-0.05, 0) is 12.1 Å². The molecule has 1 saturated heterocycles. The molecule has 2 rings (SSSR count). The largest absolute Gasteiger partial charge is 0.465 e. The standard InChI is InChI=1S/C9H11N3O2/c13-9(14)11-7-5-12(6-7)8-3-1-2-4-10-8/h1-4,7,11H,5-6H2,(H,13,14). The van der Waals surface area contributed by atoms with Crippen molar-refractivity contribution in [3.8, 4) is 0 Å². The van der Waals surface area contributed by atoms with Crippen LogP contribution in [0.2, 0.25) is 0 Å². The number of pyridine rings is 1. The number of carbonyl (C=O) groups is 1. The SMILES string of the molecule is O=C(O)NC1CN(c2ccccn2)C1. The normalized spacial score (nSPS) is 16.1. The summed E-state index contributed by atoms with van der Waals surface area (Å²) in [7, 11) is 0. The fourth-order valence-electron chi connectivity index (χ4n) is 1.47. The van der Waals surface area contributed by atoms with Gasteiger partial charge in [0.05, 0.1) is 6.04 Å². The Kier molecular flexibility index (Phi) is 2.22. The van der Waals surface area contributed by atoms with Gasteiger partial charge in [-0.25, -0.2) is 9.78 Å². The highest BCUT2D eigenvalue weighted by Gasteiger charge is 2.28. The molecule has 1 aliphatic heterocycles. The van der Waals surface area contributed by atoms with Gasteiger partial charge < -0.3 is 15.3 Å². The average molecular weight is 193 g/mol. The van der Waals surface area contributed by atoms with Gasteiger partial charge in [0.1, 0.15) is 5.82 Å². The molecular formula is C9H11N3O2. The number of aromatic nitrogens is 1. The zero-order valence-electron chi connectivity index (χ0n) is 7.55. The summed E-state index contributed by atoms with van der Waals surface area (Å²) in [6.45, 7) is 1.40. The van der Waals surface area contributed by atoms with Crippen molar-refractivity contribution < 1.29 is 9.90 Å². The topological polar surface area (TPSA) is 65.5 Å². The maximum atomic E-state index is 10.3. The van der Waals surface area contributed by atoms with E-state index < -0.39 is 6.09 Å². The van der Waals surface area contributed by atoms with Gasteiger partial charge in [-0.15, -0.1) is 0 Å². The Hall–Kier alpha value is -1.78. The van der Waals surface area contributed by atoms with E-state index in [-0.39, 0.29) is 6.04 Å². The average Bonchev–Trinajstić information content (AvgIpc) is 2.12. The van der Waals surface area contributed by atoms with E-state index in [0.29, 0.717) is 13.1 Å². The van der Waals surface area contributed by atoms with Crippen molar-refractivity contribution in [2.45, 2.75) is 6.04 Å². The second kappa shape index (κ2) is 3.53. The van der Waals surface area contributed by atoms with E-state index in [1.54, 1.807) is 6.20 Å². The quantitative estimate of drug-likeness (QED) is 0.719. The highest BCUT2D eigenvalue weighted by Crippen LogP contribution is 2.16. The minimum absolute atomic E-state index is 0.0366. The van der Waals surface area contributed by atoms with E-state index >= 15 is 0 Å². The molecule has 1 amide bonds. The van der Waals surface area contributed by atoms with E-state index in [1.807, 2.05) is 23.1 Å². The van der Waals surface area contributed by atoms with Crippen LogP contribution in [-0.4, -0.2) is 35.3 Å². The van der Waals surface area contributed by atoms with E-state index in [4.69, 9.17) is 5.11 Å². The molecule has 2 N–H and O–H groups in total. The highest BCUT2D eigenvalue weighted by molar-refractivity contribution is 5.65. The zero-order chi connectivity index (χ0) is 9.97. The number of rotatable bonds is 2. The molecule has 1 aromatic rings. The first kappa shape index (κ1) is 8.80. The lowest BCUT2D eigenvalue weighted by atomic mass is 10.1. The fourth-order valence-corrected chi connectivity index (χ4v) is 1.47. The molecule has 5 nitrogen and oxygen atoms in total. The van der Waals surface area contributed by atoms with Crippen LogP contribution in [0, 0.1) is 0 Å². The summed E-state index contributed by atoms with van der Waals surface area (Å²) in [6.07, 6.45) is 0.767. The first-order valence-electron chi connectivity index (χ1n) is 4.41. The monoisotopic (exact) mass is 193 g/mol. The van der Waals surface area contributed by atoms with Crippen LogP contribution in [0.5, 0.6) is 0 Å². The molecule has 14 heavy (non-hydrogen) atoms. The molecule has 0 unspecified atom stereocenters. The predicted octanol–water partition coefficient (Wildman–Crippen LogP) is 0.538. The summed E-state index contributed by atoms with van der Waals surface area (Å²) in [6, 6.07) is 5.72. The van der Waals surface area contributed by atoms with Crippen LogP contribution < -0.4 is 10.2 Å². The van der Waals surface area contributed by atoms with Crippen molar-refractivity contribution in [2.75, 3.05) is 18.0 Å². The van der Waals surface area contributed by atoms with Crippen LogP contribution in [0.1, 0.15) is 0 Å². The van der Waals surface area contributed by atoms with Gasteiger partial charge in [0, 0.05) is 19.3 Å². The molecule has 74 valence electrons. The first-order valence-corrected chi connectivity index (χ1v) is 4.41. The maximum absolute atomic E-state index is 10.3. The lowest BCUT2D eigenvalue weighted by Gasteiger charge is -2.39. The molecule has 0 aliphatic carbocycles. The van der Waals surface area contributed by atoms with Gasteiger partial charge >= 0.3 is 6.09 Å². The molecule has 2 heterocycles. The van der Waals surface area contributed by atoms with Crippen molar-refractivity contribution in [3.05, 3.63) is 24.4 Å². The second-order valence-corrected chi connectivity index (χ2v) is 3.24. The summed E-state index contributed by atoms with van der Waals surface area (Å²) in [5.41, 5.74) is 0. The number of amides is 1. The van der Waals surface area contributed by atoms with Crippen molar-refractivity contribution in [2.24, 2.45) is 0 Å². The number of carboxylic acid groups (broad SMARTS) is 1. The molecule has 0 radical (unpaired) electrons. The number of hydrogen-bond acceptors (Lipinski definition) is 3. The first-order chi connectivity index (χ1) is 6.75. The van der Waals surface area contributed by atoms with Crippen molar-refractivity contribution in [1.29, 1.82) is 0 Å². The minimum Gasteiger partial charge on any atom is -0.465 e. The third-order valence-corrected chi connectivity index (χ3v) is 2.18. The van der Waals surface area contributed by atoms with Crippen LogP contribution in [0.15, 0.2) is 24.4 Å². The van der Waals surface area contributed by atoms with Crippen LogP contribution in [0.3, 0.4) is 0 Å². The van der Waals surface area contributed by atoms with Crippen LogP contribution in [0.25, 0.3) is 0 Å². The zero-order valence-corrected chi connectivity index (χ0v) is 7.55. The third kappa shape index (κ3) is 1.76. The van der Waals surface area contributed by atoms with Crippen LogP contribution in [-0.2, 0) is 0 Å². The number of anilines is 1. The Balaban J connectivity index is 1.86. The van der Waals surface area contributed by atoms with Crippen molar-refractivity contribution >= 4 is 11.9 Å². The number of nitrogens with zero attached hydrogens (tertiary/aromatic N) is 2.